The molecule has 1 saturated heterocycles. The van der Waals surface area contributed by atoms with Crippen LogP contribution in [0, 0.1) is 5.92 Å². The van der Waals surface area contributed by atoms with Gasteiger partial charge in [-0.1, -0.05) is 12.1 Å². The second kappa shape index (κ2) is 9.82. The maximum Gasteiger partial charge on any atom is 0.262 e. The second-order valence-electron chi connectivity index (χ2n) is 8.46. The van der Waals surface area contributed by atoms with Crippen LogP contribution < -0.4 is 10.1 Å². The first-order valence-electron chi connectivity index (χ1n) is 10.7. The van der Waals surface area contributed by atoms with Gasteiger partial charge in [-0.15, -0.1) is 0 Å². The molecule has 0 aliphatic carbocycles. The molecule has 1 aliphatic rings. The van der Waals surface area contributed by atoms with Gasteiger partial charge in [-0.05, 0) is 58.2 Å². The van der Waals surface area contributed by atoms with Gasteiger partial charge >= 0.3 is 0 Å². The third kappa shape index (κ3) is 5.86. The third-order valence-corrected chi connectivity index (χ3v) is 7.15. The molecule has 1 aromatic carbocycles. The Hall–Kier alpha value is -2.39. The van der Waals surface area contributed by atoms with Crippen LogP contribution in [0.1, 0.15) is 52.1 Å². The number of rotatable bonds is 8. The fourth-order valence-corrected chi connectivity index (χ4v) is 4.91. The molecule has 0 spiro atoms. The molecule has 1 aliphatic heterocycles. The lowest BCUT2D eigenvalue weighted by molar-refractivity contribution is -0.126. The number of carbonyl (C=O) groups is 1. The first kappa shape index (κ1) is 23.3. The van der Waals surface area contributed by atoms with Crippen molar-refractivity contribution in [3.05, 3.63) is 42.4 Å². The molecule has 31 heavy (non-hydrogen) atoms. The average Bonchev–Trinajstić information content (AvgIpc) is 3.24. The van der Waals surface area contributed by atoms with E-state index < -0.39 is 10.0 Å². The molecule has 1 amide bonds. The Morgan fingerprint density at radius 1 is 1.16 bits per heavy atom. The highest BCUT2D eigenvalue weighted by Gasteiger charge is 2.33. The predicted octanol–water partition coefficient (Wildman–Crippen LogP) is 2.97. The van der Waals surface area contributed by atoms with Crippen molar-refractivity contribution in [2.45, 2.75) is 64.3 Å². The van der Waals surface area contributed by atoms with Crippen molar-refractivity contribution in [3.8, 4) is 5.75 Å². The van der Waals surface area contributed by atoms with Crippen LogP contribution >= 0.6 is 0 Å². The largest absolute Gasteiger partial charge is 0.491 e. The number of nitrogens with zero attached hydrogens (tertiary/aromatic N) is 3. The van der Waals surface area contributed by atoms with E-state index in [1.807, 2.05) is 52.0 Å². The summed E-state index contributed by atoms with van der Waals surface area (Å²) in [6, 6.07) is 7.80. The zero-order chi connectivity index (χ0) is 22.6. The zero-order valence-corrected chi connectivity index (χ0v) is 19.4. The van der Waals surface area contributed by atoms with Crippen LogP contribution in [-0.2, 0) is 21.4 Å². The van der Waals surface area contributed by atoms with Crippen LogP contribution in [0.5, 0.6) is 5.75 Å². The molecule has 0 bridgehead atoms. The van der Waals surface area contributed by atoms with E-state index in [1.165, 1.54) is 4.31 Å². The molecule has 0 atom stereocenters. The quantitative estimate of drug-likeness (QED) is 0.670. The lowest BCUT2D eigenvalue weighted by atomic mass is 9.97. The van der Waals surface area contributed by atoms with E-state index in [4.69, 9.17) is 4.74 Å². The minimum atomic E-state index is -3.63. The molecule has 2 heterocycles. The fraction of sp³-hybridized carbons (Fsp3) is 0.545. The van der Waals surface area contributed by atoms with E-state index in [0.29, 0.717) is 32.5 Å². The maximum absolute atomic E-state index is 12.8. The van der Waals surface area contributed by atoms with Gasteiger partial charge in [0.05, 0.1) is 12.4 Å². The number of hydrogen-bond donors (Lipinski definition) is 1. The molecule has 0 saturated carbocycles. The van der Waals surface area contributed by atoms with Crippen LogP contribution in [0.2, 0.25) is 0 Å². The molecular formula is C22H32N4O4S. The number of hydrogen-bond acceptors (Lipinski definition) is 5. The van der Waals surface area contributed by atoms with E-state index in [0.717, 1.165) is 11.3 Å². The first-order chi connectivity index (χ1) is 14.7. The van der Waals surface area contributed by atoms with Gasteiger partial charge in [0.1, 0.15) is 5.75 Å². The highest BCUT2D eigenvalue weighted by atomic mass is 32.2. The Morgan fingerprint density at radius 2 is 1.81 bits per heavy atom. The van der Waals surface area contributed by atoms with E-state index >= 15 is 0 Å². The molecule has 1 N–H and O–H groups in total. The number of benzene rings is 1. The van der Waals surface area contributed by atoms with E-state index in [2.05, 4.69) is 10.3 Å². The Kier molecular flexibility index (Phi) is 7.38. The number of imidazole rings is 1. The second-order valence-corrected chi connectivity index (χ2v) is 10.3. The van der Waals surface area contributed by atoms with Gasteiger partial charge in [0, 0.05) is 37.8 Å². The average molecular weight is 449 g/mol. The van der Waals surface area contributed by atoms with Gasteiger partial charge in [-0.25, -0.2) is 13.4 Å². The van der Waals surface area contributed by atoms with Crippen LogP contribution in [0.3, 0.4) is 0 Å². The molecule has 8 nitrogen and oxygen atoms in total. The first-order valence-corrected chi connectivity index (χ1v) is 12.2. The summed E-state index contributed by atoms with van der Waals surface area (Å²) >= 11 is 0. The minimum Gasteiger partial charge on any atom is -0.491 e. The molecule has 2 aromatic rings. The summed E-state index contributed by atoms with van der Waals surface area (Å²) in [5.74, 6) is 0.573. The van der Waals surface area contributed by atoms with Crippen molar-refractivity contribution in [1.82, 2.24) is 19.2 Å². The summed E-state index contributed by atoms with van der Waals surface area (Å²) in [6.07, 6.45) is 4.22. The van der Waals surface area contributed by atoms with Gasteiger partial charge in [-0.2, -0.15) is 4.31 Å². The number of nitrogens with one attached hydrogen (secondary N) is 1. The Morgan fingerprint density at radius 3 is 2.35 bits per heavy atom. The highest BCUT2D eigenvalue weighted by molar-refractivity contribution is 7.89. The Balaban J connectivity index is 1.50. The number of aromatic nitrogens is 2. The van der Waals surface area contributed by atoms with Crippen molar-refractivity contribution in [1.29, 1.82) is 0 Å². The number of sulfonamides is 1. The fourth-order valence-electron chi connectivity index (χ4n) is 3.52. The van der Waals surface area contributed by atoms with Gasteiger partial charge in [0.25, 0.3) is 10.0 Å². The SMILES string of the molecule is CC(C)Oc1ccc(CNC(=O)C2CCN(S(=O)(=O)c3cn(C(C)C)cn3)CC2)cc1. The standard InChI is InChI=1S/C22H32N4O4S/c1-16(2)25-14-21(24-15-25)31(28,29)26-11-9-19(10-12-26)22(27)23-13-18-5-7-20(8-6-18)30-17(3)4/h5-8,14-17,19H,9-13H2,1-4H3,(H,23,27). The number of amides is 1. The van der Waals surface area contributed by atoms with Crippen LogP contribution in [0.15, 0.2) is 41.8 Å². The van der Waals surface area contributed by atoms with Crippen LogP contribution in [0.25, 0.3) is 0 Å². The molecule has 3 rings (SSSR count). The van der Waals surface area contributed by atoms with Crippen molar-refractivity contribution in [2.24, 2.45) is 5.92 Å². The van der Waals surface area contributed by atoms with Gasteiger partial charge in [0.15, 0.2) is 5.03 Å². The van der Waals surface area contributed by atoms with Gasteiger partial charge in [-0.3, -0.25) is 4.79 Å². The monoisotopic (exact) mass is 448 g/mol. The lowest BCUT2D eigenvalue weighted by Gasteiger charge is -2.30. The molecule has 1 aromatic heterocycles. The number of ether oxygens (including phenoxy) is 1. The normalized spacial score (nSPS) is 16.1. The van der Waals surface area contributed by atoms with Crippen molar-refractivity contribution in [3.63, 3.8) is 0 Å². The van der Waals surface area contributed by atoms with Gasteiger partial charge in [0.2, 0.25) is 5.91 Å². The summed E-state index contributed by atoms with van der Waals surface area (Å²) in [5, 5.41) is 3.03. The molecule has 1 fully saturated rings. The highest BCUT2D eigenvalue weighted by Crippen LogP contribution is 2.24. The van der Waals surface area contributed by atoms with E-state index in [1.54, 1.807) is 17.1 Å². The molecular weight excluding hydrogens is 416 g/mol. The third-order valence-electron chi connectivity index (χ3n) is 5.36. The Labute approximate surface area is 184 Å². The minimum absolute atomic E-state index is 0.0383. The molecule has 0 radical (unpaired) electrons. The van der Waals surface area contributed by atoms with Crippen molar-refractivity contribution < 1.29 is 17.9 Å². The van der Waals surface area contributed by atoms with Crippen molar-refractivity contribution in [2.75, 3.05) is 13.1 Å². The predicted molar refractivity (Wildman–Crippen MR) is 118 cm³/mol. The van der Waals surface area contributed by atoms with E-state index in [9.17, 15) is 13.2 Å². The summed E-state index contributed by atoms with van der Waals surface area (Å²) in [7, 11) is -3.63. The maximum atomic E-state index is 12.8. The number of carbonyl (C=O) groups excluding carboxylic acids is 1. The Bertz CT molecular complexity index is 975. The van der Waals surface area contributed by atoms with E-state index in [-0.39, 0.29) is 29.0 Å². The molecule has 0 unspecified atom stereocenters. The van der Waals surface area contributed by atoms with Crippen LogP contribution in [0.4, 0.5) is 0 Å². The summed E-state index contributed by atoms with van der Waals surface area (Å²) in [5.41, 5.74) is 0.991. The molecule has 170 valence electrons. The summed E-state index contributed by atoms with van der Waals surface area (Å²) in [4.78, 5) is 16.6. The van der Waals surface area contributed by atoms with Gasteiger partial charge < -0.3 is 14.6 Å². The smallest absolute Gasteiger partial charge is 0.262 e. The summed E-state index contributed by atoms with van der Waals surface area (Å²) < 4.78 is 34.5. The zero-order valence-electron chi connectivity index (χ0n) is 18.6. The number of piperidine rings is 1. The lowest BCUT2D eigenvalue weighted by Crippen LogP contribution is -2.42. The van der Waals surface area contributed by atoms with Crippen LogP contribution in [-0.4, -0.2) is 47.4 Å². The topological polar surface area (TPSA) is 93.5 Å². The summed E-state index contributed by atoms with van der Waals surface area (Å²) in [6.45, 7) is 8.95. The van der Waals surface area contributed by atoms with Crippen molar-refractivity contribution >= 4 is 15.9 Å². The molecule has 9 heteroatoms.